The van der Waals surface area contributed by atoms with E-state index in [1.54, 1.807) is 38.1 Å². The van der Waals surface area contributed by atoms with E-state index >= 15 is 0 Å². The van der Waals surface area contributed by atoms with Crippen LogP contribution in [0, 0.1) is 5.92 Å². The van der Waals surface area contributed by atoms with Crippen LogP contribution in [0.25, 0.3) is 0 Å². The van der Waals surface area contributed by atoms with E-state index in [9.17, 15) is 29.1 Å². The summed E-state index contributed by atoms with van der Waals surface area (Å²) in [5, 5.41) is 17.2. The van der Waals surface area contributed by atoms with Crippen LogP contribution in [0.4, 0.5) is 0 Å². The number of hydrogen-bond acceptors (Lipinski definition) is 7. The van der Waals surface area contributed by atoms with E-state index < -0.39 is 53.8 Å². The first-order valence-corrected chi connectivity index (χ1v) is 13.1. The van der Waals surface area contributed by atoms with Crippen molar-refractivity contribution in [1.82, 2.24) is 16.0 Å². The summed E-state index contributed by atoms with van der Waals surface area (Å²) in [6.07, 6.45) is 2.17. The van der Waals surface area contributed by atoms with E-state index in [2.05, 4.69) is 16.0 Å². The van der Waals surface area contributed by atoms with Crippen molar-refractivity contribution in [2.45, 2.75) is 63.7 Å². The Bertz CT molecular complexity index is 898. The van der Waals surface area contributed by atoms with E-state index in [4.69, 9.17) is 11.5 Å². The predicted molar refractivity (Wildman–Crippen MR) is 138 cm³/mol. The second-order valence-electron chi connectivity index (χ2n) is 8.77. The molecule has 0 aliphatic rings. The molecule has 0 heterocycles. The minimum absolute atomic E-state index is 0.0192. The number of nitrogens with two attached hydrogens (primary N) is 2. The number of carbonyl (C=O) groups is 5. The summed E-state index contributed by atoms with van der Waals surface area (Å²) >= 11 is 1.47. The molecule has 0 aliphatic heterocycles. The van der Waals surface area contributed by atoms with Crippen LogP contribution in [0.1, 0.15) is 38.7 Å². The lowest BCUT2D eigenvalue weighted by atomic mass is 10.0. The Hall–Kier alpha value is -3.12. The fourth-order valence-electron chi connectivity index (χ4n) is 3.31. The third-order valence-electron chi connectivity index (χ3n) is 5.43. The lowest BCUT2D eigenvalue weighted by Gasteiger charge is -2.26. The molecule has 8 N–H and O–H groups in total. The van der Waals surface area contributed by atoms with Crippen LogP contribution in [0.2, 0.25) is 0 Å². The van der Waals surface area contributed by atoms with Gasteiger partial charge >= 0.3 is 5.97 Å². The number of hydrogen-bond donors (Lipinski definition) is 6. The van der Waals surface area contributed by atoms with Crippen molar-refractivity contribution in [1.29, 1.82) is 0 Å². The maximum absolute atomic E-state index is 13.3. The zero-order valence-corrected chi connectivity index (χ0v) is 21.7. The smallest absolute Gasteiger partial charge is 0.326 e. The zero-order chi connectivity index (χ0) is 27.3. The maximum Gasteiger partial charge on any atom is 0.326 e. The van der Waals surface area contributed by atoms with Gasteiger partial charge in [-0.2, -0.15) is 11.8 Å². The average Bonchev–Trinajstić information content (AvgIpc) is 2.82. The lowest BCUT2D eigenvalue weighted by Crippen LogP contribution is -2.58. The summed E-state index contributed by atoms with van der Waals surface area (Å²) in [5.41, 5.74) is 11.7. The van der Waals surface area contributed by atoms with Gasteiger partial charge in [0.2, 0.25) is 23.6 Å². The third-order valence-corrected chi connectivity index (χ3v) is 6.07. The van der Waals surface area contributed by atoms with Gasteiger partial charge < -0.3 is 32.5 Å². The van der Waals surface area contributed by atoms with Gasteiger partial charge in [-0.25, -0.2) is 4.79 Å². The molecule has 4 atom stereocenters. The largest absolute Gasteiger partial charge is 0.480 e. The number of carboxylic acids is 1. The molecule has 11 nitrogen and oxygen atoms in total. The first-order valence-electron chi connectivity index (χ1n) is 11.7. The number of carbonyl (C=O) groups excluding carboxylic acids is 4. The van der Waals surface area contributed by atoms with Gasteiger partial charge in [0.1, 0.15) is 18.1 Å². The number of thioether (sulfide) groups is 1. The molecule has 0 radical (unpaired) electrons. The number of primary amides is 1. The molecular weight excluding hydrogens is 486 g/mol. The summed E-state index contributed by atoms with van der Waals surface area (Å²) in [5.74, 6) is -3.48. The Labute approximate surface area is 215 Å². The lowest BCUT2D eigenvalue weighted by molar-refractivity contribution is -0.143. The number of aliphatic carboxylic acids is 1. The Morgan fingerprint density at radius 1 is 0.917 bits per heavy atom. The zero-order valence-electron chi connectivity index (χ0n) is 20.9. The molecule has 36 heavy (non-hydrogen) atoms. The summed E-state index contributed by atoms with van der Waals surface area (Å²) in [6, 6.07) is 4.72. The number of amides is 4. The minimum Gasteiger partial charge on any atom is -0.480 e. The highest BCUT2D eigenvalue weighted by molar-refractivity contribution is 7.98. The van der Waals surface area contributed by atoms with Crippen molar-refractivity contribution in [2.24, 2.45) is 17.4 Å². The van der Waals surface area contributed by atoms with Crippen molar-refractivity contribution < 1.29 is 29.1 Å². The fraction of sp³-hybridized carbons (Fsp3) is 0.542. The highest BCUT2D eigenvalue weighted by Crippen LogP contribution is 2.09. The molecular formula is C24H37N5O6S. The van der Waals surface area contributed by atoms with Gasteiger partial charge in [0.25, 0.3) is 0 Å². The fourth-order valence-corrected chi connectivity index (χ4v) is 3.78. The monoisotopic (exact) mass is 523 g/mol. The van der Waals surface area contributed by atoms with Crippen molar-refractivity contribution >= 4 is 41.4 Å². The summed E-state index contributed by atoms with van der Waals surface area (Å²) < 4.78 is 0. The SMILES string of the molecule is CSCCC(NC(=O)C(Cc1ccccc1)NC(=O)C(N)CCC(N)=O)C(=O)NC(C(=O)O)C(C)C. The Balaban J connectivity index is 3.07. The molecule has 12 heteroatoms. The second kappa shape index (κ2) is 15.8. The van der Waals surface area contributed by atoms with Gasteiger partial charge in [-0.1, -0.05) is 44.2 Å². The molecule has 0 aliphatic carbocycles. The molecule has 0 fully saturated rings. The number of carboxylic acid groups (broad SMARTS) is 1. The van der Waals surface area contributed by atoms with Crippen molar-refractivity contribution in [3.05, 3.63) is 35.9 Å². The highest BCUT2D eigenvalue weighted by Gasteiger charge is 2.31. The van der Waals surface area contributed by atoms with E-state index in [1.807, 2.05) is 12.3 Å². The summed E-state index contributed by atoms with van der Waals surface area (Å²) in [4.78, 5) is 61.4. The first-order chi connectivity index (χ1) is 17.0. The van der Waals surface area contributed by atoms with E-state index in [0.717, 1.165) is 5.56 Å². The van der Waals surface area contributed by atoms with Crippen molar-refractivity contribution in [3.8, 4) is 0 Å². The van der Waals surface area contributed by atoms with Gasteiger partial charge in [-0.05, 0) is 36.3 Å². The van der Waals surface area contributed by atoms with Crippen LogP contribution in [0.3, 0.4) is 0 Å². The van der Waals surface area contributed by atoms with Gasteiger partial charge in [-0.15, -0.1) is 0 Å². The maximum atomic E-state index is 13.3. The van der Waals surface area contributed by atoms with E-state index in [-0.39, 0.29) is 31.6 Å². The number of nitrogens with one attached hydrogen (secondary N) is 3. The minimum atomic E-state index is -1.17. The van der Waals surface area contributed by atoms with Crippen LogP contribution < -0.4 is 27.4 Å². The van der Waals surface area contributed by atoms with E-state index in [1.165, 1.54) is 11.8 Å². The van der Waals surface area contributed by atoms with Crippen LogP contribution in [0.5, 0.6) is 0 Å². The predicted octanol–water partition coefficient (Wildman–Crippen LogP) is -0.230. The molecule has 1 rings (SSSR count). The quantitative estimate of drug-likeness (QED) is 0.171. The van der Waals surface area contributed by atoms with Gasteiger partial charge in [0.05, 0.1) is 6.04 Å². The topological polar surface area (TPSA) is 194 Å². The van der Waals surface area contributed by atoms with Gasteiger partial charge in [0, 0.05) is 12.8 Å². The standard InChI is InChI=1S/C24H37N5O6S/c1-14(2)20(24(34)35)29-22(32)17(11-12-36-3)27-23(33)18(13-15-7-5-4-6-8-15)28-21(31)16(25)9-10-19(26)30/h4-8,14,16-18,20H,9-13,25H2,1-3H3,(H2,26,30)(H,27,33)(H,28,31)(H,29,32)(H,34,35). The molecule has 1 aromatic rings. The number of benzene rings is 1. The molecule has 0 spiro atoms. The summed E-state index contributed by atoms with van der Waals surface area (Å²) in [7, 11) is 0. The van der Waals surface area contributed by atoms with Crippen molar-refractivity contribution in [2.75, 3.05) is 12.0 Å². The molecule has 200 valence electrons. The highest BCUT2D eigenvalue weighted by atomic mass is 32.2. The first kappa shape index (κ1) is 30.9. The normalized spacial score (nSPS) is 14.2. The Morgan fingerprint density at radius 2 is 1.50 bits per heavy atom. The number of rotatable bonds is 16. The Morgan fingerprint density at radius 3 is 2.03 bits per heavy atom. The molecule has 4 amide bonds. The molecule has 4 unspecified atom stereocenters. The molecule has 0 aromatic heterocycles. The second-order valence-corrected chi connectivity index (χ2v) is 9.76. The summed E-state index contributed by atoms with van der Waals surface area (Å²) in [6.45, 7) is 3.34. The molecule has 1 aromatic carbocycles. The van der Waals surface area contributed by atoms with Gasteiger partial charge in [-0.3, -0.25) is 19.2 Å². The van der Waals surface area contributed by atoms with Crippen LogP contribution >= 0.6 is 11.8 Å². The Kier molecular flexibility index (Phi) is 13.6. The van der Waals surface area contributed by atoms with Crippen LogP contribution in [0.15, 0.2) is 30.3 Å². The molecule has 0 saturated carbocycles. The van der Waals surface area contributed by atoms with E-state index in [0.29, 0.717) is 5.75 Å². The van der Waals surface area contributed by atoms with Crippen molar-refractivity contribution in [3.63, 3.8) is 0 Å². The molecule has 0 saturated heterocycles. The average molecular weight is 524 g/mol. The van der Waals surface area contributed by atoms with Gasteiger partial charge in [0.15, 0.2) is 0 Å². The van der Waals surface area contributed by atoms with Crippen LogP contribution in [-0.2, 0) is 30.4 Å². The van der Waals surface area contributed by atoms with Crippen LogP contribution in [-0.4, -0.2) is 70.9 Å². The molecule has 0 bridgehead atoms. The third kappa shape index (κ3) is 11.1.